The van der Waals surface area contributed by atoms with Crippen molar-refractivity contribution in [2.75, 3.05) is 32.2 Å². The molecule has 1 unspecified atom stereocenters. The van der Waals surface area contributed by atoms with E-state index >= 15 is 0 Å². The second-order valence-electron chi connectivity index (χ2n) is 6.83. The molecular weight excluding hydrogens is 356 g/mol. The summed E-state index contributed by atoms with van der Waals surface area (Å²) in [5, 5.41) is 2.87. The molecule has 1 N–H and O–H groups in total. The first kappa shape index (κ1) is 18.5. The minimum atomic E-state index is -0.614. The van der Waals surface area contributed by atoms with E-state index in [2.05, 4.69) is 22.1 Å². The number of pyridine rings is 1. The number of carbonyl (C=O) groups excluding carboxylic acids is 1. The Hall–Kier alpha value is -2.88. The van der Waals surface area contributed by atoms with Gasteiger partial charge in [0.2, 0.25) is 5.88 Å². The maximum atomic E-state index is 12.4. The number of amides is 1. The van der Waals surface area contributed by atoms with Crippen LogP contribution in [0.5, 0.6) is 5.88 Å². The molecule has 4 rings (SSSR count). The van der Waals surface area contributed by atoms with Crippen molar-refractivity contribution in [1.29, 1.82) is 0 Å². The standard InChI is InChI=1S/C22H22N2O4/c1-26-21-13-18(23-22(25)20-14-27-9-10-28-20)12-19(24-21)17-4-2-3-16(11-17)8-7-15-5-6-15/h2-4,11-13,15,20H,5-6,9-10,14H2,1H3,(H,23,24,25). The summed E-state index contributed by atoms with van der Waals surface area (Å²) in [6, 6.07) is 11.4. The van der Waals surface area contributed by atoms with Gasteiger partial charge in [0.05, 0.1) is 32.6 Å². The molecule has 1 saturated heterocycles. The van der Waals surface area contributed by atoms with E-state index < -0.39 is 6.10 Å². The first-order chi connectivity index (χ1) is 13.7. The van der Waals surface area contributed by atoms with E-state index in [1.54, 1.807) is 13.2 Å². The SMILES string of the molecule is COc1cc(NC(=O)C2COCCO2)cc(-c2cccc(C#CC3CC3)c2)n1. The lowest BCUT2D eigenvalue weighted by Crippen LogP contribution is -2.39. The van der Waals surface area contributed by atoms with Crippen LogP contribution in [0.25, 0.3) is 11.3 Å². The highest BCUT2D eigenvalue weighted by Gasteiger charge is 2.23. The number of rotatable bonds is 4. The second-order valence-corrected chi connectivity index (χ2v) is 6.83. The molecule has 1 aromatic carbocycles. The Balaban J connectivity index is 1.57. The van der Waals surface area contributed by atoms with Crippen LogP contribution in [0.4, 0.5) is 5.69 Å². The summed E-state index contributed by atoms with van der Waals surface area (Å²) in [7, 11) is 1.55. The molecule has 144 valence electrons. The van der Waals surface area contributed by atoms with Crippen molar-refractivity contribution >= 4 is 11.6 Å². The van der Waals surface area contributed by atoms with Crippen molar-refractivity contribution in [1.82, 2.24) is 4.98 Å². The molecule has 2 aliphatic rings. The van der Waals surface area contributed by atoms with Crippen molar-refractivity contribution in [2.45, 2.75) is 18.9 Å². The largest absolute Gasteiger partial charge is 0.481 e. The maximum absolute atomic E-state index is 12.4. The lowest BCUT2D eigenvalue weighted by Gasteiger charge is -2.22. The second kappa shape index (κ2) is 8.42. The van der Waals surface area contributed by atoms with Crippen LogP contribution in [-0.2, 0) is 14.3 Å². The topological polar surface area (TPSA) is 69.7 Å². The zero-order valence-corrected chi connectivity index (χ0v) is 15.7. The predicted octanol–water partition coefficient (Wildman–Crippen LogP) is 2.87. The van der Waals surface area contributed by atoms with Crippen LogP contribution in [0.2, 0.25) is 0 Å². The molecule has 2 fully saturated rings. The van der Waals surface area contributed by atoms with Gasteiger partial charge in [-0.3, -0.25) is 4.79 Å². The Labute approximate surface area is 164 Å². The highest BCUT2D eigenvalue weighted by atomic mass is 16.6. The van der Waals surface area contributed by atoms with Gasteiger partial charge in [-0.2, -0.15) is 0 Å². The van der Waals surface area contributed by atoms with E-state index in [0.29, 0.717) is 36.4 Å². The molecule has 1 aliphatic heterocycles. The fourth-order valence-electron chi connectivity index (χ4n) is 2.86. The summed E-state index contributed by atoms with van der Waals surface area (Å²) >= 11 is 0. The molecule has 2 heterocycles. The highest BCUT2D eigenvalue weighted by molar-refractivity contribution is 5.95. The summed E-state index contributed by atoms with van der Waals surface area (Å²) in [6.45, 7) is 1.18. The van der Waals surface area contributed by atoms with Crippen molar-refractivity contribution < 1.29 is 19.0 Å². The first-order valence-corrected chi connectivity index (χ1v) is 9.39. The number of nitrogens with one attached hydrogen (secondary N) is 1. The minimum absolute atomic E-state index is 0.247. The van der Waals surface area contributed by atoms with E-state index in [0.717, 1.165) is 11.1 Å². The molecule has 0 spiro atoms. The molecule has 2 aromatic rings. The monoisotopic (exact) mass is 378 g/mol. The molecule has 1 aromatic heterocycles. The lowest BCUT2D eigenvalue weighted by molar-refractivity contribution is -0.142. The third kappa shape index (κ3) is 4.69. The Morgan fingerprint density at radius 1 is 1.25 bits per heavy atom. The number of aromatic nitrogens is 1. The number of carbonyl (C=O) groups is 1. The van der Waals surface area contributed by atoms with Gasteiger partial charge in [-0.1, -0.05) is 24.0 Å². The van der Waals surface area contributed by atoms with Crippen LogP contribution in [0.15, 0.2) is 36.4 Å². The number of hydrogen-bond acceptors (Lipinski definition) is 5. The zero-order chi connectivity index (χ0) is 19.3. The van der Waals surface area contributed by atoms with Crippen molar-refractivity contribution in [2.24, 2.45) is 5.92 Å². The normalized spacial score (nSPS) is 18.7. The van der Waals surface area contributed by atoms with E-state index in [-0.39, 0.29) is 12.5 Å². The van der Waals surface area contributed by atoms with Crippen LogP contribution in [0, 0.1) is 17.8 Å². The fourth-order valence-corrected chi connectivity index (χ4v) is 2.86. The fraction of sp³-hybridized carbons (Fsp3) is 0.364. The van der Waals surface area contributed by atoms with E-state index in [1.165, 1.54) is 12.8 Å². The summed E-state index contributed by atoms with van der Waals surface area (Å²) in [6.07, 6.45) is 1.78. The molecule has 1 amide bonds. The third-order valence-electron chi connectivity index (χ3n) is 4.54. The van der Waals surface area contributed by atoms with Crippen LogP contribution >= 0.6 is 0 Å². The van der Waals surface area contributed by atoms with Crippen LogP contribution in [-0.4, -0.2) is 43.9 Å². The van der Waals surface area contributed by atoms with Gasteiger partial charge < -0.3 is 19.5 Å². The maximum Gasteiger partial charge on any atom is 0.255 e. The molecule has 1 aliphatic carbocycles. The van der Waals surface area contributed by atoms with Gasteiger partial charge in [0.15, 0.2) is 6.10 Å². The third-order valence-corrected chi connectivity index (χ3v) is 4.54. The zero-order valence-electron chi connectivity index (χ0n) is 15.7. The number of benzene rings is 1. The van der Waals surface area contributed by atoms with Gasteiger partial charge in [0.25, 0.3) is 5.91 Å². The van der Waals surface area contributed by atoms with Crippen molar-refractivity contribution in [3.8, 4) is 29.0 Å². The Morgan fingerprint density at radius 3 is 2.89 bits per heavy atom. The van der Waals surface area contributed by atoms with Crippen molar-refractivity contribution in [3.63, 3.8) is 0 Å². The average molecular weight is 378 g/mol. The van der Waals surface area contributed by atoms with Crippen molar-refractivity contribution in [3.05, 3.63) is 42.0 Å². The number of anilines is 1. The van der Waals surface area contributed by atoms with Crippen LogP contribution in [0.1, 0.15) is 18.4 Å². The first-order valence-electron chi connectivity index (χ1n) is 9.39. The van der Waals surface area contributed by atoms with E-state index in [4.69, 9.17) is 14.2 Å². The minimum Gasteiger partial charge on any atom is -0.481 e. The highest BCUT2D eigenvalue weighted by Crippen LogP contribution is 2.28. The average Bonchev–Trinajstić information content (AvgIpc) is 3.57. The number of nitrogens with zero attached hydrogens (tertiary/aromatic N) is 1. The molecule has 6 heteroatoms. The van der Waals surface area contributed by atoms with Gasteiger partial charge >= 0.3 is 0 Å². The van der Waals surface area contributed by atoms with Gasteiger partial charge in [0.1, 0.15) is 0 Å². The smallest absolute Gasteiger partial charge is 0.255 e. The van der Waals surface area contributed by atoms with E-state index in [1.807, 2.05) is 30.3 Å². The predicted molar refractivity (Wildman–Crippen MR) is 105 cm³/mol. The Morgan fingerprint density at radius 2 is 2.14 bits per heavy atom. The van der Waals surface area contributed by atoms with Crippen LogP contribution in [0.3, 0.4) is 0 Å². The lowest BCUT2D eigenvalue weighted by atomic mass is 10.1. The molecule has 0 bridgehead atoms. The summed E-state index contributed by atoms with van der Waals surface area (Å²) in [5.41, 5.74) is 3.16. The summed E-state index contributed by atoms with van der Waals surface area (Å²) in [5.74, 6) is 7.22. The Kier molecular flexibility index (Phi) is 5.56. The van der Waals surface area contributed by atoms with Gasteiger partial charge in [0, 0.05) is 28.8 Å². The molecular formula is C22H22N2O4. The molecule has 28 heavy (non-hydrogen) atoms. The van der Waals surface area contributed by atoms with Gasteiger partial charge in [-0.15, -0.1) is 0 Å². The van der Waals surface area contributed by atoms with Gasteiger partial charge in [-0.05, 0) is 31.0 Å². The summed E-state index contributed by atoms with van der Waals surface area (Å²) < 4.78 is 16.1. The summed E-state index contributed by atoms with van der Waals surface area (Å²) in [4.78, 5) is 16.9. The molecule has 0 radical (unpaired) electrons. The molecule has 1 atom stereocenters. The molecule has 6 nitrogen and oxygen atoms in total. The van der Waals surface area contributed by atoms with Gasteiger partial charge in [-0.25, -0.2) is 4.98 Å². The molecule has 1 saturated carbocycles. The van der Waals surface area contributed by atoms with Crippen LogP contribution < -0.4 is 10.1 Å². The quantitative estimate of drug-likeness (QED) is 0.829. The number of methoxy groups -OCH3 is 1. The Bertz CT molecular complexity index is 922. The number of hydrogen-bond donors (Lipinski definition) is 1. The van der Waals surface area contributed by atoms with E-state index in [9.17, 15) is 4.79 Å². The number of ether oxygens (including phenoxy) is 3.